The Bertz CT molecular complexity index is 298. The molecule has 0 unspecified atom stereocenters. The smallest absolute Gasteiger partial charge is 0.119 e. The first-order chi connectivity index (χ1) is 6.82. The molecule has 15 heavy (non-hydrogen) atoms. The van der Waals surface area contributed by atoms with Crippen LogP contribution >= 0.6 is 0 Å². The maximum Gasteiger partial charge on any atom is 0.119 e. The minimum atomic E-state index is -0.136. The summed E-state index contributed by atoms with van der Waals surface area (Å²) in [4.78, 5) is 0. The number of hydrogen-bond acceptors (Lipinski definition) is 2. The van der Waals surface area contributed by atoms with Gasteiger partial charge in [0.1, 0.15) is 11.5 Å². The third-order valence-corrected chi connectivity index (χ3v) is 1.79. The first-order valence-corrected chi connectivity index (χ1v) is 5.35. The van der Waals surface area contributed by atoms with Crippen LogP contribution in [0.5, 0.6) is 11.5 Å². The Hall–Kier alpha value is -1.18. The summed E-state index contributed by atoms with van der Waals surface area (Å²) in [6.45, 7) is 10.2. The zero-order valence-electron chi connectivity index (χ0n) is 10.3. The van der Waals surface area contributed by atoms with Crippen LogP contribution in [0.1, 0.15) is 46.6 Å². The van der Waals surface area contributed by atoms with E-state index in [1.54, 1.807) is 6.07 Å². The molecule has 2 heteroatoms. The number of benzene rings is 1. The molecular weight excluding hydrogens is 188 g/mol. The topological polar surface area (TPSA) is 40.5 Å². The third-order valence-electron chi connectivity index (χ3n) is 1.79. The van der Waals surface area contributed by atoms with Gasteiger partial charge in [-0.1, -0.05) is 41.0 Å². The first kappa shape index (κ1) is 13.8. The second kappa shape index (κ2) is 5.64. The molecule has 0 fully saturated rings. The van der Waals surface area contributed by atoms with Crippen molar-refractivity contribution >= 4 is 0 Å². The molecule has 1 aromatic carbocycles. The Morgan fingerprint density at radius 2 is 1.53 bits per heavy atom. The summed E-state index contributed by atoms with van der Waals surface area (Å²) < 4.78 is 0. The zero-order valence-corrected chi connectivity index (χ0v) is 10.3. The van der Waals surface area contributed by atoms with Crippen molar-refractivity contribution in [1.29, 1.82) is 0 Å². The molecule has 0 radical (unpaired) electrons. The molecule has 0 aromatic heterocycles. The monoisotopic (exact) mass is 210 g/mol. The predicted octanol–water partition coefficient (Wildman–Crippen LogP) is 3.81. The van der Waals surface area contributed by atoms with Gasteiger partial charge in [0, 0.05) is 5.56 Å². The molecule has 0 saturated carbocycles. The molecule has 86 valence electrons. The number of phenolic OH excluding ortho intramolecular Hbond substituents is 2. The molecule has 1 rings (SSSR count). The molecule has 0 spiro atoms. The molecule has 0 saturated heterocycles. The van der Waals surface area contributed by atoms with Crippen LogP contribution in [-0.2, 0) is 5.41 Å². The molecule has 0 bridgehead atoms. The predicted molar refractivity (Wildman–Crippen MR) is 64.4 cm³/mol. The third kappa shape index (κ3) is 4.73. The van der Waals surface area contributed by atoms with Crippen LogP contribution in [0, 0.1) is 0 Å². The van der Waals surface area contributed by atoms with Gasteiger partial charge in [0.25, 0.3) is 0 Å². The van der Waals surface area contributed by atoms with E-state index in [1.165, 1.54) is 18.6 Å². The minimum Gasteiger partial charge on any atom is -0.508 e. The van der Waals surface area contributed by atoms with Gasteiger partial charge in [0.05, 0.1) is 0 Å². The summed E-state index contributed by atoms with van der Waals surface area (Å²) in [7, 11) is 0. The van der Waals surface area contributed by atoms with E-state index in [0.29, 0.717) is 0 Å². The van der Waals surface area contributed by atoms with E-state index < -0.39 is 0 Å². The molecule has 0 heterocycles. The second-order valence-corrected chi connectivity index (χ2v) is 4.66. The number of rotatable bonds is 0. The van der Waals surface area contributed by atoms with E-state index in [9.17, 15) is 10.2 Å². The lowest BCUT2D eigenvalue weighted by Gasteiger charge is -2.20. The fraction of sp³-hybridized carbons (Fsp3) is 0.538. The average Bonchev–Trinajstić information content (AvgIpc) is 2.09. The Balaban J connectivity index is 0.000000583. The fourth-order valence-electron chi connectivity index (χ4n) is 1.12. The van der Waals surface area contributed by atoms with Gasteiger partial charge in [-0.25, -0.2) is 0 Å². The molecule has 0 aliphatic rings. The second-order valence-electron chi connectivity index (χ2n) is 4.66. The summed E-state index contributed by atoms with van der Waals surface area (Å²) in [5.74, 6) is 0.429. The summed E-state index contributed by atoms with van der Waals surface area (Å²) in [5.41, 5.74) is 0.630. The zero-order chi connectivity index (χ0) is 12.1. The van der Waals surface area contributed by atoms with Gasteiger partial charge >= 0.3 is 0 Å². The number of aromatic hydroxyl groups is 2. The van der Waals surface area contributed by atoms with Gasteiger partial charge < -0.3 is 10.2 Å². The SMILES string of the molecule is CC(C)(C)c1cc(O)ccc1O.CCC. The maximum atomic E-state index is 9.46. The minimum absolute atomic E-state index is 0.136. The van der Waals surface area contributed by atoms with Crippen LogP contribution in [0.4, 0.5) is 0 Å². The van der Waals surface area contributed by atoms with Crippen molar-refractivity contribution in [3.05, 3.63) is 23.8 Å². The van der Waals surface area contributed by atoms with Gasteiger partial charge in [-0.05, 0) is 23.6 Å². The van der Waals surface area contributed by atoms with Crippen molar-refractivity contribution in [2.24, 2.45) is 0 Å². The Kier molecular flexibility index (Phi) is 5.20. The highest BCUT2D eigenvalue weighted by atomic mass is 16.3. The van der Waals surface area contributed by atoms with Crippen LogP contribution in [0.3, 0.4) is 0 Å². The summed E-state index contributed by atoms with van der Waals surface area (Å²) >= 11 is 0. The standard InChI is InChI=1S/C10H14O2.C3H8/c1-10(2,3)8-6-7(11)4-5-9(8)12;1-3-2/h4-6,11-12H,1-3H3;3H2,1-2H3. The Labute approximate surface area is 92.6 Å². The lowest BCUT2D eigenvalue weighted by atomic mass is 9.86. The molecule has 2 nitrogen and oxygen atoms in total. The van der Waals surface area contributed by atoms with Crippen LogP contribution < -0.4 is 0 Å². The highest BCUT2D eigenvalue weighted by molar-refractivity contribution is 5.42. The van der Waals surface area contributed by atoms with Gasteiger partial charge in [0.15, 0.2) is 0 Å². The van der Waals surface area contributed by atoms with Crippen LogP contribution in [0.25, 0.3) is 0 Å². The lowest BCUT2D eigenvalue weighted by Crippen LogP contribution is -2.10. The van der Waals surface area contributed by atoms with Gasteiger partial charge in [0.2, 0.25) is 0 Å². The van der Waals surface area contributed by atoms with Crippen molar-refractivity contribution in [3.63, 3.8) is 0 Å². The molecule has 1 aromatic rings. The molecule has 0 atom stereocenters. The number of hydrogen-bond donors (Lipinski definition) is 2. The quantitative estimate of drug-likeness (QED) is 0.639. The Morgan fingerprint density at radius 1 is 1.07 bits per heavy atom. The Morgan fingerprint density at radius 3 is 1.87 bits per heavy atom. The molecule has 2 N–H and O–H groups in total. The molecule has 0 amide bonds. The van der Waals surface area contributed by atoms with Gasteiger partial charge in [-0.3, -0.25) is 0 Å². The fourth-order valence-corrected chi connectivity index (χ4v) is 1.12. The van der Waals surface area contributed by atoms with Crippen molar-refractivity contribution in [1.82, 2.24) is 0 Å². The van der Waals surface area contributed by atoms with Crippen molar-refractivity contribution < 1.29 is 10.2 Å². The van der Waals surface area contributed by atoms with Crippen molar-refractivity contribution in [2.75, 3.05) is 0 Å². The average molecular weight is 210 g/mol. The van der Waals surface area contributed by atoms with E-state index >= 15 is 0 Å². The summed E-state index contributed by atoms with van der Waals surface area (Å²) in [5, 5.41) is 18.6. The van der Waals surface area contributed by atoms with Crippen molar-refractivity contribution in [3.8, 4) is 11.5 Å². The van der Waals surface area contributed by atoms with Crippen LogP contribution in [0.2, 0.25) is 0 Å². The maximum absolute atomic E-state index is 9.46. The van der Waals surface area contributed by atoms with E-state index in [-0.39, 0.29) is 16.9 Å². The molecular formula is C13H22O2. The molecule has 0 aliphatic heterocycles. The van der Waals surface area contributed by atoms with E-state index in [0.717, 1.165) is 5.56 Å². The van der Waals surface area contributed by atoms with Gasteiger partial charge in [-0.2, -0.15) is 0 Å². The lowest BCUT2D eigenvalue weighted by molar-refractivity contribution is 0.435. The van der Waals surface area contributed by atoms with E-state index in [1.807, 2.05) is 20.8 Å². The largest absolute Gasteiger partial charge is 0.508 e. The van der Waals surface area contributed by atoms with E-state index in [2.05, 4.69) is 13.8 Å². The van der Waals surface area contributed by atoms with Crippen molar-refractivity contribution in [2.45, 2.75) is 46.5 Å². The first-order valence-electron chi connectivity index (χ1n) is 5.35. The van der Waals surface area contributed by atoms with Crippen LogP contribution in [-0.4, -0.2) is 10.2 Å². The van der Waals surface area contributed by atoms with Crippen LogP contribution in [0.15, 0.2) is 18.2 Å². The normalized spacial score (nSPS) is 10.5. The van der Waals surface area contributed by atoms with E-state index in [4.69, 9.17) is 0 Å². The highest BCUT2D eigenvalue weighted by Crippen LogP contribution is 2.32. The van der Waals surface area contributed by atoms with Gasteiger partial charge in [-0.15, -0.1) is 0 Å². The highest BCUT2D eigenvalue weighted by Gasteiger charge is 2.17. The summed E-state index contributed by atoms with van der Waals surface area (Å²) in [6.07, 6.45) is 1.25. The summed E-state index contributed by atoms with van der Waals surface area (Å²) in [6, 6.07) is 4.58. The number of phenols is 2. The molecule has 0 aliphatic carbocycles.